The number of aromatic nitrogens is 2. The van der Waals surface area contributed by atoms with Gasteiger partial charge in [-0.1, -0.05) is 67.4 Å². The number of hydrogen-bond acceptors (Lipinski definition) is 9. The number of ether oxygens (including phenoxy) is 2. The van der Waals surface area contributed by atoms with Crippen molar-refractivity contribution in [3.8, 4) is 34.1 Å². The van der Waals surface area contributed by atoms with E-state index in [2.05, 4.69) is 27.9 Å². The maximum absolute atomic E-state index is 14.4. The van der Waals surface area contributed by atoms with Crippen molar-refractivity contribution >= 4 is 23.4 Å². The number of methoxy groups -OCH3 is 2. The van der Waals surface area contributed by atoms with E-state index in [0.29, 0.717) is 47.5 Å². The van der Waals surface area contributed by atoms with Gasteiger partial charge in [-0.05, 0) is 67.5 Å². The minimum Gasteiger partial charge on any atom is -0.481 e. The molecule has 0 unspecified atom stereocenters. The van der Waals surface area contributed by atoms with Gasteiger partial charge in [-0.25, -0.2) is 4.98 Å². The number of aliphatic carboxylic acids is 1. The zero-order valence-electron chi connectivity index (χ0n) is 30.1. The van der Waals surface area contributed by atoms with Gasteiger partial charge in [0, 0.05) is 42.0 Å². The monoisotopic (exact) mass is 755 g/mol. The first kappa shape index (κ1) is 39.8. The number of alkyl halides is 3. The molecule has 53 heavy (non-hydrogen) atoms. The van der Waals surface area contributed by atoms with Crippen LogP contribution in [0.5, 0.6) is 11.8 Å². The van der Waals surface area contributed by atoms with Gasteiger partial charge in [0.05, 0.1) is 36.5 Å². The van der Waals surface area contributed by atoms with E-state index in [-0.39, 0.29) is 30.4 Å². The Balaban J connectivity index is 1.41. The first-order chi connectivity index (χ1) is 25.4. The number of aliphatic hydroxyl groups is 1. The number of halogens is 4. The van der Waals surface area contributed by atoms with Crippen molar-refractivity contribution in [3.63, 3.8) is 0 Å². The molecule has 5 N–H and O–H groups in total. The molecule has 0 amide bonds. The molecule has 10 nitrogen and oxygen atoms in total. The van der Waals surface area contributed by atoms with Crippen LogP contribution in [0.2, 0.25) is 5.02 Å². The standard InChI is InChI=1S/C39H45ClF3N5O5/c1-5-23(16-17-49)19-44-20-24-12-14-33(47-36(24)52-3)30-11-7-10-29(34(30)40)26-8-6-9-28-27(26)13-15-32(28)46-35-31(39(41,42)43)18-25(37(48-35)53-4)21-45-22(2)38(50)51/h6-12,14,18,22-23,32,44-45,49H,5,13,15-17,19-21H2,1-4H3,(H,46,48)(H,50,51)/t22-,23+,32-/m0/s1. The van der Waals surface area contributed by atoms with Crippen molar-refractivity contribution in [2.75, 3.05) is 32.7 Å². The van der Waals surface area contributed by atoms with Gasteiger partial charge < -0.3 is 35.6 Å². The number of carboxylic acid groups (broad SMARTS) is 1. The third-order valence-electron chi connectivity index (χ3n) is 9.67. The lowest BCUT2D eigenvalue weighted by molar-refractivity contribution is -0.139. The fourth-order valence-electron chi connectivity index (χ4n) is 6.65. The first-order valence-corrected chi connectivity index (χ1v) is 17.9. The van der Waals surface area contributed by atoms with Crippen molar-refractivity contribution in [2.24, 2.45) is 5.92 Å². The van der Waals surface area contributed by atoms with E-state index in [4.69, 9.17) is 26.1 Å². The summed E-state index contributed by atoms with van der Waals surface area (Å²) in [5.41, 5.74) is 4.77. The molecule has 2 aromatic heterocycles. The number of aliphatic hydroxyl groups excluding tert-OH is 1. The molecule has 3 atom stereocenters. The van der Waals surface area contributed by atoms with Crippen molar-refractivity contribution in [1.82, 2.24) is 20.6 Å². The average Bonchev–Trinajstić information content (AvgIpc) is 3.56. The summed E-state index contributed by atoms with van der Waals surface area (Å²) < 4.78 is 54.1. The number of anilines is 1. The van der Waals surface area contributed by atoms with Crippen LogP contribution in [0.15, 0.2) is 54.6 Å². The summed E-state index contributed by atoms with van der Waals surface area (Å²) in [4.78, 5) is 20.2. The molecule has 5 rings (SSSR count). The fourth-order valence-corrected chi connectivity index (χ4v) is 6.98. The molecular formula is C39H45ClF3N5O5. The largest absolute Gasteiger partial charge is 0.481 e. The highest BCUT2D eigenvalue weighted by Crippen LogP contribution is 2.45. The van der Waals surface area contributed by atoms with Crippen LogP contribution < -0.4 is 25.4 Å². The highest BCUT2D eigenvalue weighted by atomic mass is 35.5. The maximum Gasteiger partial charge on any atom is 0.419 e. The van der Waals surface area contributed by atoms with Gasteiger partial charge in [0.1, 0.15) is 11.9 Å². The van der Waals surface area contributed by atoms with Crippen LogP contribution in [-0.4, -0.2) is 59.6 Å². The van der Waals surface area contributed by atoms with Crippen LogP contribution in [0.4, 0.5) is 19.0 Å². The Morgan fingerprint density at radius 3 is 2.38 bits per heavy atom. The number of nitrogens with one attached hydrogen (secondary N) is 3. The summed E-state index contributed by atoms with van der Waals surface area (Å²) >= 11 is 7.11. The molecule has 14 heteroatoms. The van der Waals surface area contributed by atoms with Crippen molar-refractivity contribution in [1.29, 1.82) is 0 Å². The molecule has 0 fully saturated rings. The lowest BCUT2D eigenvalue weighted by atomic mass is 9.94. The lowest BCUT2D eigenvalue weighted by Crippen LogP contribution is -2.33. The Morgan fingerprint density at radius 2 is 1.70 bits per heavy atom. The normalized spacial score (nSPS) is 15.2. The van der Waals surface area contributed by atoms with E-state index in [1.807, 2.05) is 48.5 Å². The quantitative estimate of drug-likeness (QED) is 0.0731. The zero-order chi connectivity index (χ0) is 38.3. The first-order valence-electron chi connectivity index (χ1n) is 17.5. The molecule has 0 saturated heterocycles. The Morgan fingerprint density at radius 1 is 1.00 bits per heavy atom. The van der Waals surface area contributed by atoms with Gasteiger partial charge in [0.25, 0.3) is 0 Å². The molecule has 2 aromatic carbocycles. The van der Waals surface area contributed by atoms with Crippen molar-refractivity contribution < 1.29 is 37.7 Å². The smallest absolute Gasteiger partial charge is 0.419 e. The molecule has 0 aliphatic heterocycles. The molecule has 2 heterocycles. The number of rotatable bonds is 17. The topological polar surface area (TPSA) is 138 Å². The summed E-state index contributed by atoms with van der Waals surface area (Å²) in [5, 5.41) is 28.1. The van der Waals surface area contributed by atoms with Crippen LogP contribution in [0.3, 0.4) is 0 Å². The van der Waals surface area contributed by atoms with Gasteiger partial charge >= 0.3 is 12.1 Å². The molecular weight excluding hydrogens is 711 g/mol. The predicted molar refractivity (Wildman–Crippen MR) is 198 cm³/mol. The van der Waals surface area contributed by atoms with Gasteiger partial charge in [-0.15, -0.1) is 0 Å². The van der Waals surface area contributed by atoms with E-state index in [9.17, 15) is 28.2 Å². The number of carbonyl (C=O) groups is 1. The summed E-state index contributed by atoms with van der Waals surface area (Å²) in [7, 11) is 2.88. The van der Waals surface area contributed by atoms with Crippen LogP contribution in [0.25, 0.3) is 22.4 Å². The molecule has 284 valence electrons. The van der Waals surface area contributed by atoms with Gasteiger partial charge in [-0.2, -0.15) is 18.2 Å². The Hall–Kier alpha value is -4.43. The van der Waals surface area contributed by atoms with Crippen molar-refractivity contribution in [3.05, 3.63) is 87.4 Å². The number of nitrogens with zero attached hydrogens (tertiary/aromatic N) is 2. The van der Waals surface area contributed by atoms with Crippen LogP contribution in [0.1, 0.15) is 67.0 Å². The highest BCUT2D eigenvalue weighted by molar-refractivity contribution is 6.36. The minimum absolute atomic E-state index is 0.0427. The number of hydrogen-bond donors (Lipinski definition) is 5. The summed E-state index contributed by atoms with van der Waals surface area (Å²) in [5.74, 6) is -0.701. The summed E-state index contributed by atoms with van der Waals surface area (Å²) in [6.07, 6.45) is -1.94. The molecule has 4 aromatic rings. The van der Waals surface area contributed by atoms with E-state index < -0.39 is 29.8 Å². The van der Waals surface area contributed by atoms with Gasteiger partial charge in [0.2, 0.25) is 11.8 Å². The molecule has 0 radical (unpaired) electrons. The second-order valence-electron chi connectivity index (χ2n) is 13.0. The average molecular weight is 756 g/mol. The SMILES string of the molecule is CC[C@H](CCO)CNCc1ccc(-c2cccc(-c3cccc4c3CC[C@@H]4Nc3nc(OC)c(CN[C@@H](C)C(=O)O)cc3C(F)(F)F)c2Cl)nc1OC. The third kappa shape index (κ3) is 9.21. The number of fused-ring (bicyclic) bond motifs is 1. The molecule has 0 bridgehead atoms. The number of pyridine rings is 2. The maximum atomic E-state index is 14.4. The number of benzene rings is 2. The van der Waals surface area contributed by atoms with Gasteiger partial charge in [0.15, 0.2) is 0 Å². The zero-order valence-corrected chi connectivity index (χ0v) is 30.9. The predicted octanol–water partition coefficient (Wildman–Crippen LogP) is 7.66. The molecule has 1 aliphatic carbocycles. The highest BCUT2D eigenvalue weighted by Gasteiger charge is 2.37. The van der Waals surface area contributed by atoms with E-state index in [1.54, 1.807) is 7.11 Å². The lowest BCUT2D eigenvalue weighted by Gasteiger charge is -2.22. The second-order valence-corrected chi connectivity index (χ2v) is 13.4. The van der Waals surface area contributed by atoms with E-state index in [1.165, 1.54) is 14.0 Å². The molecule has 0 saturated carbocycles. The Labute approximate surface area is 312 Å². The van der Waals surface area contributed by atoms with E-state index >= 15 is 0 Å². The van der Waals surface area contributed by atoms with Crippen LogP contribution in [-0.2, 0) is 30.5 Å². The van der Waals surface area contributed by atoms with Crippen LogP contribution in [0, 0.1) is 5.92 Å². The Bertz CT molecular complexity index is 1910. The third-order valence-corrected chi connectivity index (χ3v) is 10.1. The van der Waals surface area contributed by atoms with E-state index in [0.717, 1.165) is 53.3 Å². The fraction of sp³-hybridized carbons (Fsp3) is 0.410. The molecule has 0 spiro atoms. The number of carboxylic acids is 1. The summed E-state index contributed by atoms with van der Waals surface area (Å²) in [6, 6.07) is 14.7. The van der Waals surface area contributed by atoms with Crippen LogP contribution >= 0.6 is 11.6 Å². The van der Waals surface area contributed by atoms with Crippen molar-refractivity contribution in [2.45, 2.75) is 70.9 Å². The Kier molecular flexibility index (Phi) is 13.2. The minimum atomic E-state index is -4.74. The second kappa shape index (κ2) is 17.6. The summed E-state index contributed by atoms with van der Waals surface area (Å²) in [6.45, 7) is 4.79. The van der Waals surface area contributed by atoms with Gasteiger partial charge in [-0.3, -0.25) is 4.79 Å². The molecule has 1 aliphatic rings.